The molecule has 2 fully saturated rings. The van der Waals surface area contributed by atoms with Crippen molar-refractivity contribution in [1.29, 1.82) is 0 Å². The molecule has 0 aromatic carbocycles. The van der Waals surface area contributed by atoms with E-state index in [1.54, 1.807) is 0 Å². The molecule has 10 atom stereocenters. The summed E-state index contributed by atoms with van der Waals surface area (Å²) in [6.07, 6.45) is -11.1. The second-order valence-corrected chi connectivity index (χ2v) is 10.6. The van der Waals surface area contributed by atoms with E-state index in [0.29, 0.717) is 0 Å². The third-order valence-electron chi connectivity index (χ3n) is 4.92. The lowest BCUT2D eigenvalue weighted by molar-refractivity contribution is -0.235. The molecule has 7 N–H and O–H groups in total. The summed E-state index contributed by atoms with van der Waals surface area (Å²) in [7, 11) is -10.8. The van der Waals surface area contributed by atoms with Crippen molar-refractivity contribution < 1.29 is 62.2 Å². The van der Waals surface area contributed by atoms with Gasteiger partial charge in [-0.1, -0.05) is 0 Å². The summed E-state index contributed by atoms with van der Waals surface area (Å²) in [6.45, 7) is 0.517. The first-order chi connectivity index (χ1) is 15.7. The molecule has 34 heavy (non-hydrogen) atoms. The number of phosphoric acid groups is 2. The Bertz CT molecular complexity index is 1080. The topological polar surface area (TPSA) is 257 Å². The lowest BCUT2D eigenvalue weighted by Gasteiger charge is -2.35. The number of nitrogens with one attached hydrogen (secondary N) is 1. The molecule has 19 heteroatoms. The lowest BCUT2D eigenvalue weighted by Crippen LogP contribution is -2.48. The largest absolute Gasteiger partial charge is 0.483 e. The van der Waals surface area contributed by atoms with E-state index in [2.05, 4.69) is 13.4 Å². The zero-order chi connectivity index (χ0) is 25.4. The van der Waals surface area contributed by atoms with Gasteiger partial charge in [-0.15, -0.1) is 0 Å². The number of aromatic nitrogens is 2. The SMILES string of the molecule is CC1CC(O)C(O)[C@@H](OP(=O)(O)OP(=O)(O)OC[C@H]2O[C@@H](n3ccc(=O)[nH]c3=O)[C@@H](O)[C@H]2O)O1. The van der Waals surface area contributed by atoms with E-state index < -0.39 is 82.6 Å². The molecule has 2 aliphatic rings. The summed E-state index contributed by atoms with van der Waals surface area (Å²) >= 11 is 0. The van der Waals surface area contributed by atoms with E-state index in [1.165, 1.54) is 6.92 Å². The number of aromatic amines is 1. The predicted molar refractivity (Wildman–Crippen MR) is 106 cm³/mol. The Morgan fingerprint density at radius 2 is 1.76 bits per heavy atom. The van der Waals surface area contributed by atoms with Crippen LogP contribution in [-0.4, -0.2) is 89.3 Å². The van der Waals surface area contributed by atoms with Gasteiger partial charge >= 0.3 is 21.3 Å². The summed E-state index contributed by atoms with van der Waals surface area (Å²) in [4.78, 5) is 44.5. The number of phosphoric ester groups is 2. The molecular formula is C15H24N2O15P2. The van der Waals surface area contributed by atoms with Gasteiger partial charge in [0.15, 0.2) is 12.5 Å². The highest BCUT2D eigenvalue weighted by atomic mass is 31.3. The zero-order valence-electron chi connectivity index (χ0n) is 17.4. The van der Waals surface area contributed by atoms with Gasteiger partial charge in [0, 0.05) is 18.7 Å². The Labute approximate surface area is 190 Å². The Balaban J connectivity index is 1.60. The number of hydrogen-bond donors (Lipinski definition) is 7. The fourth-order valence-corrected chi connectivity index (χ4v) is 5.47. The second-order valence-electron chi connectivity index (χ2n) is 7.59. The molecule has 3 rings (SSSR count). The number of rotatable bonds is 8. The summed E-state index contributed by atoms with van der Waals surface area (Å²) < 4.78 is 48.5. The molecule has 17 nitrogen and oxygen atoms in total. The fraction of sp³-hybridized carbons (Fsp3) is 0.733. The molecule has 1 aromatic rings. The number of aliphatic hydroxyl groups is 4. The third-order valence-corrected chi connectivity index (χ3v) is 7.52. The van der Waals surface area contributed by atoms with Crippen LogP contribution < -0.4 is 11.2 Å². The van der Waals surface area contributed by atoms with Crippen molar-refractivity contribution in [2.24, 2.45) is 0 Å². The molecule has 2 aliphatic heterocycles. The van der Waals surface area contributed by atoms with Gasteiger partial charge < -0.3 is 39.7 Å². The van der Waals surface area contributed by atoms with E-state index in [4.69, 9.17) is 9.47 Å². The molecule has 194 valence electrons. The maximum absolute atomic E-state index is 12.1. The first kappa shape index (κ1) is 27.3. The van der Waals surface area contributed by atoms with Crippen LogP contribution >= 0.6 is 15.6 Å². The minimum absolute atomic E-state index is 0.000958. The first-order valence-electron chi connectivity index (χ1n) is 9.73. The van der Waals surface area contributed by atoms with E-state index in [9.17, 15) is 48.9 Å². The molecule has 0 aliphatic carbocycles. The van der Waals surface area contributed by atoms with Crippen LogP contribution in [-0.2, 0) is 32.0 Å². The molecule has 0 amide bonds. The average Bonchev–Trinajstić information content (AvgIpc) is 2.97. The van der Waals surface area contributed by atoms with Crippen LogP contribution in [0.2, 0.25) is 0 Å². The van der Waals surface area contributed by atoms with Crippen molar-refractivity contribution in [3.05, 3.63) is 33.1 Å². The number of nitrogens with zero attached hydrogens (tertiary/aromatic N) is 1. The van der Waals surface area contributed by atoms with Crippen LogP contribution in [0, 0.1) is 0 Å². The highest BCUT2D eigenvalue weighted by Gasteiger charge is 2.47. The van der Waals surface area contributed by atoms with Gasteiger partial charge in [-0.05, 0) is 6.92 Å². The number of ether oxygens (including phenoxy) is 2. The third kappa shape index (κ3) is 6.47. The van der Waals surface area contributed by atoms with Crippen LogP contribution in [0.25, 0.3) is 0 Å². The average molecular weight is 534 g/mol. The Morgan fingerprint density at radius 3 is 2.41 bits per heavy atom. The van der Waals surface area contributed by atoms with Crippen LogP contribution in [0.1, 0.15) is 19.6 Å². The van der Waals surface area contributed by atoms with Crippen molar-refractivity contribution in [1.82, 2.24) is 9.55 Å². The fourth-order valence-electron chi connectivity index (χ4n) is 3.31. The van der Waals surface area contributed by atoms with Gasteiger partial charge in [0.1, 0.15) is 24.4 Å². The molecule has 2 saturated heterocycles. The maximum Gasteiger partial charge on any atom is 0.483 e. The standard InChI is InChI=1S/C15H24N2O15P2/c1-6-4-7(18)10(20)14(29-6)31-34(26,27)32-33(24,25)28-5-8-11(21)12(22)13(30-8)17-3-2-9(19)16-15(17)23/h2-3,6-8,10-14,18,20-22H,4-5H2,1H3,(H,24,25)(H,26,27)(H,16,19,23)/t6?,7?,8-,10?,11+,12+,13-,14-/m1/s1. The number of hydrogen-bond acceptors (Lipinski definition) is 13. The highest BCUT2D eigenvalue weighted by Crippen LogP contribution is 2.61. The van der Waals surface area contributed by atoms with Crippen molar-refractivity contribution in [3.8, 4) is 0 Å². The Morgan fingerprint density at radius 1 is 1.09 bits per heavy atom. The van der Waals surface area contributed by atoms with Gasteiger partial charge in [0.25, 0.3) is 5.56 Å². The molecular weight excluding hydrogens is 510 g/mol. The predicted octanol–water partition coefficient (Wildman–Crippen LogP) is -2.74. The molecule has 1 aromatic heterocycles. The van der Waals surface area contributed by atoms with Gasteiger partial charge in [-0.3, -0.25) is 23.4 Å². The smallest absolute Gasteiger partial charge is 0.390 e. The normalized spacial score (nSPS) is 37.7. The summed E-state index contributed by atoms with van der Waals surface area (Å²) in [6, 6.07) is 0.953. The van der Waals surface area contributed by atoms with E-state index >= 15 is 0 Å². The van der Waals surface area contributed by atoms with Crippen LogP contribution in [0.5, 0.6) is 0 Å². The van der Waals surface area contributed by atoms with Gasteiger partial charge in [-0.2, -0.15) is 4.31 Å². The Kier molecular flexibility index (Phi) is 8.32. The molecule has 0 spiro atoms. The molecule has 5 unspecified atom stereocenters. The van der Waals surface area contributed by atoms with Crippen LogP contribution in [0.4, 0.5) is 0 Å². The highest BCUT2D eigenvalue weighted by molar-refractivity contribution is 7.61. The number of aliphatic hydroxyl groups excluding tert-OH is 4. The molecule has 0 radical (unpaired) electrons. The van der Waals surface area contributed by atoms with Crippen molar-refractivity contribution in [2.45, 2.75) is 62.5 Å². The maximum atomic E-state index is 12.1. The van der Waals surface area contributed by atoms with Crippen molar-refractivity contribution in [2.75, 3.05) is 6.61 Å². The van der Waals surface area contributed by atoms with Crippen molar-refractivity contribution in [3.63, 3.8) is 0 Å². The molecule has 0 saturated carbocycles. The van der Waals surface area contributed by atoms with Gasteiger partial charge in [0.2, 0.25) is 0 Å². The zero-order valence-corrected chi connectivity index (χ0v) is 19.2. The Hall–Kier alpha value is -1.30. The monoisotopic (exact) mass is 534 g/mol. The minimum Gasteiger partial charge on any atom is -0.390 e. The second kappa shape index (κ2) is 10.4. The van der Waals surface area contributed by atoms with E-state index in [1.807, 2.05) is 4.98 Å². The molecule has 3 heterocycles. The van der Waals surface area contributed by atoms with Crippen LogP contribution in [0.15, 0.2) is 21.9 Å². The van der Waals surface area contributed by atoms with Crippen LogP contribution in [0.3, 0.4) is 0 Å². The lowest BCUT2D eigenvalue weighted by atomic mass is 10.0. The molecule has 0 bridgehead atoms. The van der Waals surface area contributed by atoms with Gasteiger partial charge in [0.05, 0.1) is 18.8 Å². The summed E-state index contributed by atoms with van der Waals surface area (Å²) in [5, 5.41) is 39.7. The van der Waals surface area contributed by atoms with E-state index in [0.717, 1.165) is 16.8 Å². The minimum atomic E-state index is -5.40. The summed E-state index contributed by atoms with van der Waals surface area (Å²) in [5.41, 5.74) is -1.69. The number of H-pyrrole nitrogens is 1. The first-order valence-corrected chi connectivity index (χ1v) is 12.7. The van der Waals surface area contributed by atoms with Gasteiger partial charge in [-0.25, -0.2) is 13.9 Å². The van der Waals surface area contributed by atoms with E-state index in [-0.39, 0.29) is 6.42 Å². The summed E-state index contributed by atoms with van der Waals surface area (Å²) in [5.74, 6) is 0. The van der Waals surface area contributed by atoms with Crippen molar-refractivity contribution >= 4 is 15.6 Å². The quantitative estimate of drug-likeness (QED) is 0.167.